The van der Waals surface area contributed by atoms with Gasteiger partial charge in [0.25, 0.3) is 0 Å². The number of rotatable bonds is 8. The van der Waals surface area contributed by atoms with Crippen molar-refractivity contribution in [2.75, 3.05) is 34.0 Å². The van der Waals surface area contributed by atoms with E-state index in [4.69, 9.17) is 9.47 Å². The highest BCUT2D eigenvalue weighted by Gasteiger charge is 2.14. The third-order valence-corrected chi connectivity index (χ3v) is 3.59. The van der Waals surface area contributed by atoms with E-state index in [0.29, 0.717) is 17.7 Å². The van der Waals surface area contributed by atoms with Crippen molar-refractivity contribution in [1.29, 1.82) is 0 Å². The monoisotopic (exact) mass is 333 g/mol. The molecule has 1 rings (SSSR count). The number of halogens is 2. The number of nitrogens with zero attached hydrogens (tertiary/aromatic N) is 1. The molecule has 0 heterocycles. The highest BCUT2D eigenvalue weighted by atomic mass is 79.9. The minimum atomic E-state index is -0.239. The van der Waals surface area contributed by atoms with E-state index >= 15 is 0 Å². The van der Waals surface area contributed by atoms with Gasteiger partial charge in [-0.05, 0) is 40.5 Å². The first-order chi connectivity index (χ1) is 9.08. The fraction of sp³-hybridized carbons (Fsp3) is 0.571. The summed E-state index contributed by atoms with van der Waals surface area (Å²) in [5.41, 5.74) is 1.06. The Kier molecular flexibility index (Phi) is 7.53. The Hall–Kier alpha value is -0.490. The Morgan fingerprint density at radius 3 is 2.63 bits per heavy atom. The van der Waals surface area contributed by atoms with E-state index in [1.165, 1.54) is 6.07 Å². The predicted octanol–water partition coefficient (Wildman–Crippen LogP) is 3.07. The van der Waals surface area contributed by atoms with E-state index in [1.54, 1.807) is 20.3 Å². The Labute approximate surface area is 122 Å². The van der Waals surface area contributed by atoms with Gasteiger partial charge < -0.3 is 9.47 Å². The minimum Gasteiger partial charge on any atom is -0.383 e. The smallest absolute Gasteiger partial charge is 0.137 e. The van der Waals surface area contributed by atoms with Crippen molar-refractivity contribution in [3.63, 3.8) is 0 Å². The quantitative estimate of drug-likeness (QED) is 0.729. The van der Waals surface area contributed by atoms with Crippen molar-refractivity contribution in [2.24, 2.45) is 0 Å². The molecule has 0 bridgehead atoms. The highest BCUT2D eigenvalue weighted by molar-refractivity contribution is 9.10. The molecule has 0 fully saturated rings. The van der Waals surface area contributed by atoms with Crippen LogP contribution in [0.4, 0.5) is 4.39 Å². The fourth-order valence-electron chi connectivity index (χ4n) is 1.88. The lowest BCUT2D eigenvalue weighted by molar-refractivity contribution is 0.0705. The molecule has 0 saturated carbocycles. The van der Waals surface area contributed by atoms with Crippen LogP contribution in [0.3, 0.4) is 0 Å². The summed E-state index contributed by atoms with van der Waals surface area (Å²) < 4.78 is 24.0. The molecule has 5 heteroatoms. The van der Waals surface area contributed by atoms with Crippen LogP contribution in [0.2, 0.25) is 0 Å². The second-order valence-electron chi connectivity index (χ2n) is 4.52. The lowest BCUT2D eigenvalue weighted by Gasteiger charge is -2.28. The molecule has 0 N–H and O–H groups in total. The number of hydrogen-bond donors (Lipinski definition) is 0. The largest absolute Gasteiger partial charge is 0.383 e. The Morgan fingerprint density at radius 2 is 2.05 bits per heavy atom. The molecule has 108 valence electrons. The van der Waals surface area contributed by atoms with Gasteiger partial charge in [-0.2, -0.15) is 0 Å². The van der Waals surface area contributed by atoms with Gasteiger partial charge in [0.05, 0.1) is 17.7 Å². The molecule has 0 aliphatic carbocycles. The molecule has 1 unspecified atom stereocenters. The first kappa shape index (κ1) is 16.6. The van der Waals surface area contributed by atoms with E-state index in [0.717, 1.165) is 18.7 Å². The van der Waals surface area contributed by atoms with Crippen LogP contribution in [0, 0.1) is 5.82 Å². The number of ether oxygens (including phenoxy) is 2. The van der Waals surface area contributed by atoms with Gasteiger partial charge in [-0.3, -0.25) is 4.90 Å². The third-order valence-electron chi connectivity index (χ3n) is 2.98. The molecule has 0 spiro atoms. The third kappa shape index (κ3) is 5.57. The van der Waals surface area contributed by atoms with E-state index in [1.807, 2.05) is 6.07 Å². The Balaban J connectivity index is 2.71. The topological polar surface area (TPSA) is 21.7 Å². The van der Waals surface area contributed by atoms with E-state index in [2.05, 4.69) is 27.8 Å². The zero-order valence-corrected chi connectivity index (χ0v) is 13.2. The zero-order chi connectivity index (χ0) is 14.3. The Bertz CT molecular complexity index is 390. The standard InChI is InChI=1S/C14H21BrFNO2/c1-11(10-19-3)17(6-7-18-2)9-12-4-5-14(16)13(15)8-12/h4-5,8,11H,6-7,9-10H2,1-3H3. The van der Waals surface area contributed by atoms with Crippen LogP contribution in [0.15, 0.2) is 22.7 Å². The van der Waals surface area contributed by atoms with Crippen LogP contribution < -0.4 is 0 Å². The predicted molar refractivity (Wildman–Crippen MR) is 77.7 cm³/mol. The van der Waals surface area contributed by atoms with Gasteiger partial charge in [0, 0.05) is 33.4 Å². The molecule has 0 aliphatic rings. The summed E-state index contributed by atoms with van der Waals surface area (Å²) in [6, 6.07) is 5.38. The second-order valence-corrected chi connectivity index (χ2v) is 5.37. The SMILES string of the molecule is COCCN(Cc1ccc(F)c(Br)c1)C(C)COC. The van der Waals surface area contributed by atoms with Crippen LogP contribution in [0.1, 0.15) is 12.5 Å². The highest BCUT2D eigenvalue weighted by Crippen LogP contribution is 2.18. The van der Waals surface area contributed by atoms with E-state index in [9.17, 15) is 4.39 Å². The van der Waals surface area contributed by atoms with Crippen LogP contribution in [0.5, 0.6) is 0 Å². The van der Waals surface area contributed by atoms with Gasteiger partial charge >= 0.3 is 0 Å². The van der Waals surface area contributed by atoms with E-state index in [-0.39, 0.29) is 11.9 Å². The maximum atomic E-state index is 13.2. The fourth-order valence-corrected chi connectivity index (χ4v) is 2.31. The summed E-state index contributed by atoms with van der Waals surface area (Å²) in [6.07, 6.45) is 0. The minimum absolute atomic E-state index is 0.239. The summed E-state index contributed by atoms with van der Waals surface area (Å²) >= 11 is 3.21. The molecule has 0 amide bonds. The molecular weight excluding hydrogens is 313 g/mol. The van der Waals surface area contributed by atoms with Crippen LogP contribution >= 0.6 is 15.9 Å². The van der Waals surface area contributed by atoms with Gasteiger partial charge in [0.2, 0.25) is 0 Å². The lowest BCUT2D eigenvalue weighted by Crippen LogP contribution is -2.38. The van der Waals surface area contributed by atoms with Crippen molar-refractivity contribution in [2.45, 2.75) is 19.5 Å². The molecule has 0 radical (unpaired) electrons. The van der Waals surface area contributed by atoms with Gasteiger partial charge in [-0.15, -0.1) is 0 Å². The summed E-state index contributed by atoms with van der Waals surface area (Å²) in [7, 11) is 3.38. The first-order valence-corrected chi connectivity index (χ1v) is 7.03. The molecular formula is C14H21BrFNO2. The van der Waals surface area contributed by atoms with Crippen molar-refractivity contribution in [1.82, 2.24) is 4.90 Å². The molecule has 19 heavy (non-hydrogen) atoms. The summed E-state index contributed by atoms with van der Waals surface area (Å²) in [6.45, 7) is 4.99. The zero-order valence-electron chi connectivity index (χ0n) is 11.7. The molecule has 1 atom stereocenters. The number of hydrogen-bond acceptors (Lipinski definition) is 3. The summed E-state index contributed by atoms with van der Waals surface area (Å²) in [5.74, 6) is -0.239. The van der Waals surface area contributed by atoms with Gasteiger partial charge in [0.1, 0.15) is 5.82 Å². The van der Waals surface area contributed by atoms with Crippen LogP contribution in [0.25, 0.3) is 0 Å². The maximum absolute atomic E-state index is 13.2. The van der Waals surface area contributed by atoms with Crippen molar-refractivity contribution < 1.29 is 13.9 Å². The number of methoxy groups -OCH3 is 2. The molecule has 1 aromatic rings. The van der Waals surface area contributed by atoms with Gasteiger partial charge in [-0.25, -0.2) is 4.39 Å². The lowest BCUT2D eigenvalue weighted by atomic mass is 10.2. The summed E-state index contributed by atoms with van der Waals surface area (Å²) in [4.78, 5) is 2.26. The second kappa shape index (κ2) is 8.64. The van der Waals surface area contributed by atoms with Crippen LogP contribution in [-0.4, -0.2) is 44.9 Å². The normalized spacial score (nSPS) is 12.9. The van der Waals surface area contributed by atoms with E-state index < -0.39 is 0 Å². The Morgan fingerprint density at radius 1 is 1.32 bits per heavy atom. The maximum Gasteiger partial charge on any atom is 0.137 e. The van der Waals surface area contributed by atoms with Gasteiger partial charge in [-0.1, -0.05) is 6.07 Å². The number of benzene rings is 1. The van der Waals surface area contributed by atoms with Crippen molar-refractivity contribution in [3.05, 3.63) is 34.1 Å². The molecule has 1 aromatic carbocycles. The summed E-state index contributed by atoms with van der Waals surface area (Å²) in [5, 5.41) is 0. The molecule has 0 aromatic heterocycles. The first-order valence-electron chi connectivity index (χ1n) is 6.24. The molecule has 0 aliphatic heterocycles. The average molecular weight is 334 g/mol. The van der Waals surface area contributed by atoms with Gasteiger partial charge in [0.15, 0.2) is 0 Å². The molecule has 0 saturated heterocycles. The van der Waals surface area contributed by atoms with Crippen molar-refractivity contribution >= 4 is 15.9 Å². The molecule has 3 nitrogen and oxygen atoms in total. The van der Waals surface area contributed by atoms with Crippen molar-refractivity contribution in [3.8, 4) is 0 Å². The average Bonchev–Trinajstić information content (AvgIpc) is 2.39. The van der Waals surface area contributed by atoms with Crippen LogP contribution in [-0.2, 0) is 16.0 Å².